The van der Waals surface area contributed by atoms with Crippen LogP contribution in [-0.2, 0) is 6.42 Å². The Morgan fingerprint density at radius 3 is 2.53 bits per heavy atom. The molecule has 2 nitrogen and oxygen atoms in total. The molecular formula is C17H28N2. The summed E-state index contributed by atoms with van der Waals surface area (Å²) in [6.07, 6.45) is 5.20. The number of likely N-dealkylation sites (N-methyl/N-ethyl adjacent to an activating group) is 1. The van der Waals surface area contributed by atoms with Crippen molar-refractivity contribution in [3.05, 3.63) is 35.4 Å². The Morgan fingerprint density at radius 2 is 1.95 bits per heavy atom. The molecule has 19 heavy (non-hydrogen) atoms. The van der Waals surface area contributed by atoms with E-state index in [0.717, 1.165) is 19.1 Å². The summed E-state index contributed by atoms with van der Waals surface area (Å²) in [4.78, 5) is 2.48. The summed E-state index contributed by atoms with van der Waals surface area (Å²) in [5.41, 5.74) is 2.85. The summed E-state index contributed by atoms with van der Waals surface area (Å²) < 4.78 is 0. The van der Waals surface area contributed by atoms with Gasteiger partial charge < -0.3 is 10.2 Å². The fourth-order valence-corrected chi connectivity index (χ4v) is 2.53. The molecule has 2 heteroatoms. The van der Waals surface area contributed by atoms with Crippen LogP contribution in [0.1, 0.15) is 50.3 Å². The van der Waals surface area contributed by atoms with E-state index in [1.165, 1.54) is 36.8 Å². The third-order valence-corrected chi connectivity index (χ3v) is 4.10. The van der Waals surface area contributed by atoms with E-state index in [0.29, 0.717) is 6.04 Å². The van der Waals surface area contributed by atoms with Gasteiger partial charge in [-0.3, -0.25) is 0 Å². The summed E-state index contributed by atoms with van der Waals surface area (Å²) in [6.45, 7) is 6.72. The summed E-state index contributed by atoms with van der Waals surface area (Å²) in [6, 6.07) is 10.4. The third kappa shape index (κ3) is 4.63. The van der Waals surface area contributed by atoms with Gasteiger partial charge in [0.25, 0.3) is 0 Å². The fourth-order valence-electron chi connectivity index (χ4n) is 2.53. The standard InChI is InChI=1S/C17H28N2/c1-4-5-15-6-8-16(9-7-15)14(2)18-12-13-19(3)17-10-11-17/h6-9,14,17-18H,4-5,10-13H2,1-3H3. The Morgan fingerprint density at radius 1 is 1.26 bits per heavy atom. The van der Waals surface area contributed by atoms with E-state index in [-0.39, 0.29) is 0 Å². The average Bonchev–Trinajstić information content (AvgIpc) is 3.24. The van der Waals surface area contributed by atoms with E-state index in [1.807, 2.05) is 0 Å². The van der Waals surface area contributed by atoms with Gasteiger partial charge in [0.05, 0.1) is 0 Å². The molecule has 1 aromatic rings. The van der Waals surface area contributed by atoms with Gasteiger partial charge in [-0.2, -0.15) is 0 Å². The van der Waals surface area contributed by atoms with Gasteiger partial charge in [0.1, 0.15) is 0 Å². The quantitative estimate of drug-likeness (QED) is 0.771. The lowest BCUT2D eigenvalue weighted by atomic mass is 10.0. The van der Waals surface area contributed by atoms with E-state index in [9.17, 15) is 0 Å². The summed E-state index contributed by atoms with van der Waals surface area (Å²) in [5.74, 6) is 0. The summed E-state index contributed by atoms with van der Waals surface area (Å²) >= 11 is 0. The van der Waals surface area contributed by atoms with Gasteiger partial charge in [0.15, 0.2) is 0 Å². The Kier molecular flexibility index (Phi) is 5.41. The van der Waals surface area contributed by atoms with Crippen LogP contribution in [0.5, 0.6) is 0 Å². The molecule has 1 N–H and O–H groups in total. The van der Waals surface area contributed by atoms with Gasteiger partial charge in [-0.05, 0) is 44.4 Å². The maximum absolute atomic E-state index is 3.62. The second-order valence-corrected chi connectivity index (χ2v) is 5.88. The first-order valence-electron chi connectivity index (χ1n) is 7.73. The second-order valence-electron chi connectivity index (χ2n) is 5.88. The molecule has 0 aliphatic heterocycles. The zero-order valence-electron chi connectivity index (χ0n) is 12.7. The van der Waals surface area contributed by atoms with E-state index < -0.39 is 0 Å². The van der Waals surface area contributed by atoms with Crippen LogP contribution in [0.4, 0.5) is 0 Å². The molecule has 2 rings (SSSR count). The Hall–Kier alpha value is -0.860. The minimum Gasteiger partial charge on any atom is -0.309 e. The van der Waals surface area contributed by atoms with Crippen molar-refractivity contribution in [2.45, 2.75) is 51.6 Å². The van der Waals surface area contributed by atoms with Crippen molar-refractivity contribution < 1.29 is 0 Å². The number of nitrogens with one attached hydrogen (secondary N) is 1. The summed E-state index contributed by atoms with van der Waals surface area (Å²) in [7, 11) is 2.24. The SMILES string of the molecule is CCCc1ccc(C(C)NCCN(C)C2CC2)cc1. The minimum atomic E-state index is 0.447. The van der Waals surface area contributed by atoms with E-state index in [2.05, 4.69) is 55.4 Å². The number of hydrogen-bond acceptors (Lipinski definition) is 2. The summed E-state index contributed by atoms with van der Waals surface area (Å²) in [5, 5.41) is 3.62. The number of benzene rings is 1. The van der Waals surface area contributed by atoms with Crippen LogP contribution in [0.25, 0.3) is 0 Å². The maximum atomic E-state index is 3.62. The van der Waals surface area contributed by atoms with Crippen molar-refractivity contribution in [3.63, 3.8) is 0 Å². The Labute approximate surface area is 118 Å². The highest BCUT2D eigenvalue weighted by Gasteiger charge is 2.25. The van der Waals surface area contributed by atoms with Gasteiger partial charge in [-0.15, -0.1) is 0 Å². The molecule has 1 fully saturated rings. The van der Waals surface area contributed by atoms with Crippen molar-refractivity contribution in [1.82, 2.24) is 10.2 Å². The monoisotopic (exact) mass is 260 g/mol. The first-order chi connectivity index (χ1) is 9.20. The average molecular weight is 260 g/mol. The van der Waals surface area contributed by atoms with Crippen LogP contribution >= 0.6 is 0 Å². The third-order valence-electron chi connectivity index (χ3n) is 4.10. The van der Waals surface area contributed by atoms with E-state index >= 15 is 0 Å². The highest BCUT2D eigenvalue weighted by Crippen LogP contribution is 2.24. The smallest absolute Gasteiger partial charge is 0.0292 e. The van der Waals surface area contributed by atoms with Crippen molar-refractivity contribution in [2.75, 3.05) is 20.1 Å². The second kappa shape index (κ2) is 7.06. The first-order valence-corrected chi connectivity index (χ1v) is 7.73. The molecular weight excluding hydrogens is 232 g/mol. The highest BCUT2D eigenvalue weighted by atomic mass is 15.2. The van der Waals surface area contributed by atoms with Gasteiger partial charge in [-0.25, -0.2) is 0 Å². The number of rotatable bonds is 8. The molecule has 1 aromatic carbocycles. The molecule has 1 aliphatic carbocycles. The van der Waals surface area contributed by atoms with Crippen LogP contribution in [0.3, 0.4) is 0 Å². The molecule has 106 valence electrons. The zero-order valence-corrected chi connectivity index (χ0v) is 12.7. The first kappa shape index (κ1) is 14.5. The number of hydrogen-bond donors (Lipinski definition) is 1. The molecule has 0 amide bonds. The predicted octanol–water partition coefficient (Wildman–Crippen LogP) is 3.38. The van der Waals surface area contributed by atoms with Crippen LogP contribution in [0, 0.1) is 0 Å². The molecule has 0 spiro atoms. The molecule has 1 saturated carbocycles. The Balaban J connectivity index is 1.73. The number of nitrogens with zero attached hydrogens (tertiary/aromatic N) is 1. The van der Waals surface area contributed by atoms with Crippen LogP contribution in [0.2, 0.25) is 0 Å². The lowest BCUT2D eigenvalue weighted by Gasteiger charge is -2.19. The van der Waals surface area contributed by atoms with Crippen LogP contribution in [-0.4, -0.2) is 31.1 Å². The topological polar surface area (TPSA) is 15.3 Å². The number of aryl methyl sites for hydroxylation is 1. The zero-order chi connectivity index (χ0) is 13.7. The van der Waals surface area contributed by atoms with E-state index in [1.54, 1.807) is 0 Å². The Bertz CT molecular complexity index is 367. The highest BCUT2D eigenvalue weighted by molar-refractivity contribution is 5.24. The molecule has 0 radical (unpaired) electrons. The lowest BCUT2D eigenvalue weighted by Crippen LogP contribution is -2.31. The molecule has 0 saturated heterocycles. The van der Waals surface area contributed by atoms with Crippen molar-refractivity contribution in [3.8, 4) is 0 Å². The van der Waals surface area contributed by atoms with Gasteiger partial charge in [0, 0.05) is 25.2 Å². The van der Waals surface area contributed by atoms with Crippen molar-refractivity contribution in [1.29, 1.82) is 0 Å². The maximum Gasteiger partial charge on any atom is 0.0292 e. The largest absolute Gasteiger partial charge is 0.309 e. The lowest BCUT2D eigenvalue weighted by molar-refractivity contribution is 0.316. The van der Waals surface area contributed by atoms with Crippen molar-refractivity contribution in [2.24, 2.45) is 0 Å². The molecule has 1 unspecified atom stereocenters. The van der Waals surface area contributed by atoms with Crippen LogP contribution < -0.4 is 5.32 Å². The molecule has 0 heterocycles. The van der Waals surface area contributed by atoms with E-state index in [4.69, 9.17) is 0 Å². The van der Waals surface area contributed by atoms with Gasteiger partial charge in [0.2, 0.25) is 0 Å². The molecule has 0 bridgehead atoms. The van der Waals surface area contributed by atoms with Crippen molar-refractivity contribution >= 4 is 0 Å². The minimum absolute atomic E-state index is 0.447. The molecule has 0 aromatic heterocycles. The molecule has 1 atom stereocenters. The van der Waals surface area contributed by atoms with Gasteiger partial charge in [-0.1, -0.05) is 37.6 Å². The van der Waals surface area contributed by atoms with Gasteiger partial charge >= 0.3 is 0 Å². The molecule has 1 aliphatic rings. The fraction of sp³-hybridized carbons (Fsp3) is 0.647. The van der Waals surface area contributed by atoms with Crippen LogP contribution in [0.15, 0.2) is 24.3 Å². The normalized spacial score (nSPS) is 16.8. The predicted molar refractivity (Wildman–Crippen MR) is 82.5 cm³/mol.